The minimum atomic E-state index is -0.171. The van der Waals surface area contributed by atoms with E-state index in [0.29, 0.717) is 36.2 Å². The number of nitrogens with zero attached hydrogens (tertiary/aromatic N) is 4. The quantitative estimate of drug-likeness (QED) is 0.474. The number of hydrogen-bond acceptors (Lipinski definition) is 8. The van der Waals surface area contributed by atoms with E-state index in [-0.39, 0.29) is 12.3 Å². The zero-order chi connectivity index (χ0) is 19.9. The monoisotopic (exact) mass is 407 g/mol. The van der Waals surface area contributed by atoms with Crippen molar-refractivity contribution in [1.82, 2.24) is 20.1 Å². The molecule has 1 aromatic carbocycles. The molecule has 0 fully saturated rings. The van der Waals surface area contributed by atoms with Crippen molar-refractivity contribution in [2.75, 3.05) is 5.32 Å². The smallest absolute Gasteiger partial charge is 0.227 e. The third-order valence-corrected chi connectivity index (χ3v) is 4.61. The van der Waals surface area contributed by atoms with Crippen LogP contribution in [0, 0.1) is 0 Å². The molecule has 0 saturated carbocycles. The van der Waals surface area contributed by atoms with Gasteiger partial charge in [-0.15, -0.1) is 11.3 Å². The van der Waals surface area contributed by atoms with Crippen LogP contribution in [-0.4, -0.2) is 26.0 Å². The van der Waals surface area contributed by atoms with Crippen molar-refractivity contribution in [3.63, 3.8) is 0 Å². The fourth-order valence-electron chi connectivity index (χ4n) is 2.56. The Labute approximate surface area is 170 Å². The van der Waals surface area contributed by atoms with E-state index in [1.807, 2.05) is 23.6 Å². The number of carbonyl (C=O) groups is 1. The highest BCUT2D eigenvalue weighted by atomic mass is 32.1. The largest absolute Gasteiger partial charge is 0.485 e. The number of pyridine rings is 1. The van der Waals surface area contributed by atoms with Gasteiger partial charge in [-0.3, -0.25) is 9.78 Å². The summed E-state index contributed by atoms with van der Waals surface area (Å²) >= 11 is 1.51. The molecule has 9 heteroatoms. The van der Waals surface area contributed by atoms with Crippen molar-refractivity contribution < 1.29 is 14.1 Å². The van der Waals surface area contributed by atoms with Crippen molar-refractivity contribution in [3.8, 4) is 17.1 Å². The van der Waals surface area contributed by atoms with Crippen molar-refractivity contribution in [3.05, 3.63) is 71.3 Å². The lowest BCUT2D eigenvalue weighted by atomic mass is 10.2. The van der Waals surface area contributed by atoms with Crippen LogP contribution in [0.1, 0.15) is 18.0 Å². The number of ether oxygens (including phenoxy) is 1. The number of benzene rings is 1. The molecule has 4 rings (SSSR count). The van der Waals surface area contributed by atoms with E-state index in [1.54, 1.807) is 36.1 Å². The normalized spacial score (nSPS) is 10.6. The lowest BCUT2D eigenvalue weighted by Gasteiger charge is -2.11. The first-order valence-electron chi connectivity index (χ1n) is 8.89. The number of nitrogens with one attached hydrogen (secondary N) is 1. The Morgan fingerprint density at radius 2 is 2.14 bits per heavy atom. The van der Waals surface area contributed by atoms with Crippen LogP contribution in [0.4, 0.5) is 5.69 Å². The van der Waals surface area contributed by atoms with Crippen LogP contribution in [0.15, 0.2) is 64.2 Å². The maximum Gasteiger partial charge on any atom is 0.227 e. The molecule has 3 aromatic heterocycles. The standard InChI is InChI=1S/C20H17N5O3S/c26-18(7-8-19-24-20(25-28-19)14-4-3-9-21-10-14)23-16-5-1-2-6-17(16)27-11-15-12-29-13-22-15/h1-6,9-10,12-13H,7-8,11H2,(H,23,26). The van der Waals surface area contributed by atoms with Gasteiger partial charge in [0, 0.05) is 36.2 Å². The average molecular weight is 407 g/mol. The predicted molar refractivity (Wildman–Crippen MR) is 107 cm³/mol. The van der Waals surface area contributed by atoms with Crippen molar-refractivity contribution in [2.24, 2.45) is 0 Å². The number of anilines is 1. The van der Waals surface area contributed by atoms with Gasteiger partial charge in [0.1, 0.15) is 12.4 Å². The summed E-state index contributed by atoms with van der Waals surface area (Å²) in [6.07, 6.45) is 3.87. The fourth-order valence-corrected chi connectivity index (χ4v) is 3.10. The third kappa shape index (κ3) is 5.02. The molecule has 0 unspecified atom stereocenters. The van der Waals surface area contributed by atoms with E-state index in [9.17, 15) is 4.79 Å². The number of hydrogen-bond donors (Lipinski definition) is 1. The molecule has 4 aromatic rings. The first-order valence-corrected chi connectivity index (χ1v) is 9.84. The molecule has 0 aliphatic carbocycles. The van der Waals surface area contributed by atoms with Crippen LogP contribution in [0.5, 0.6) is 5.75 Å². The van der Waals surface area contributed by atoms with E-state index in [4.69, 9.17) is 9.26 Å². The minimum absolute atomic E-state index is 0.171. The molecular formula is C20H17N5O3S. The van der Waals surface area contributed by atoms with Crippen LogP contribution < -0.4 is 10.1 Å². The molecule has 0 saturated heterocycles. The van der Waals surface area contributed by atoms with Gasteiger partial charge in [0.25, 0.3) is 0 Å². The highest BCUT2D eigenvalue weighted by molar-refractivity contribution is 7.07. The van der Waals surface area contributed by atoms with E-state index < -0.39 is 0 Å². The van der Waals surface area contributed by atoms with E-state index in [2.05, 4.69) is 25.4 Å². The van der Waals surface area contributed by atoms with E-state index in [1.165, 1.54) is 11.3 Å². The van der Waals surface area contributed by atoms with Gasteiger partial charge in [-0.05, 0) is 24.3 Å². The van der Waals surface area contributed by atoms with Crippen molar-refractivity contribution >= 4 is 22.9 Å². The summed E-state index contributed by atoms with van der Waals surface area (Å²) in [4.78, 5) is 24.9. The number of aryl methyl sites for hydroxylation is 1. The highest BCUT2D eigenvalue weighted by Crippen LogP contribution is 2.25. The Hall–Kier alpha value is -3.59. The zero-order valence-electron chi connectivity index (χ0n) is 15.3. The summed E-state index contributed by atoms with van der Waals surface area (Å²) in [6, 6.07) is 10.9. The number of amides is 1. The SMILES string of the molecule is O=C(CCc1nc(-c2cccnc2)no1)Nc1ccccc1OCc1cscn1. The number of thiazole rings is 1. The summed E-state index contributed by atoms with van der Waals surface area (Å²) in [5.74, 6) is 1.27. The van der Waals surface area contributed by atoms with Gasteiger partial charge in [-0.1, -0.05) is 17.3 Å². The molecule has 1 amide bonds. The van der Waals surface area contributed by atoms with Crippen LogP contribution in [0.25, 0.3) is 11.4 Å². The molecule has 0 spiro atoms. The molecule has 3 heterocycles. The number of carbonyl (C=O) groups excluding carboxylic acids is 1. The Kier molecular flexibility index (Phi) is 5.87. The molecule has 29 heavy (non-hydrogen) atoms. The molecular weight excluding hydrogens is 390 g/mol. The number of rotatable bonds is 8. The van der Waals surface area contributed by atoms with Crippen LogP contribution >= 0.6 is 11.3 Å². The zero-order valence-corrected chi connectivity index (χ0v) is 16.1. The lowest BCUT2D eigenvalue weighted by Crippen LogP contribution is -2.13. The topological polar surface area (TPSA) is 103 Å². The van der Waals surface area contributed by atoms with Gasteiger partial charge in [0.2, 0.25) is 17.6 Å². The van der Waals surface area contributed by atoms with Gasteiger partial charge in [0.05, 0.1) is 16.9 Å². The summed E-state index contributed by atoms with van der Waals surface area (Å²) in [6.45, 7) is 0.343. The second-order valence-electron chi connectivity index (χ2n) is 6.07. The summed E-state index contributed by atoms with van der Waals surface area (Å²) in [5.41, 5.74) is 3.97. The van der Waals surface area contributed by atoms with E-state index in [0.717, 1.165) is 11.3 Å². The van der Waals surface area contributed by atoms with Crippen LogP contribution in [0.3, 0.4) is 0 Å². The molecule has 0 radical (unpaired) electrons. The number of aromatic nitrogens is 4. The molecule has 146 valence electrons. The highest BCUT2D eigenvalue weighted by Gasteiger charge is 2.12. The molecule has 0 aliphatic rings. The fraction of sp³-hybridized carbons (Fsp3) is 0.150. The minimum Gasteiger partial charge on any atom is -0.485 e. The van der Waals surface area contributed by atoms with Crippen LogP contribution in [0.2, 0.25) is 0 Å². The Balaban J connectivity index is 1.33. The van der Waals surface area contributed by atoms with Crippen molar-refractivity contribution in [2.45, 2.75) is 19.4 Å². The maximum absolute atomic E-state index is 12.4. The Bertz CT molecular complexity index is 1070. The Morgan fingerprint density at radius 3 is 2.97 bits per heavy atom. The van der Waals surface area contributed by atoms with Crippen molar-refractivity contribution in [1.29, 1.82) is 0 Å². The van der Waals surface area contributed by atoms with Gasteiger partial charge < -0.3 is 14.6 Å². The van der Waals surface area contributed by atoms with E-state index >= 15 is 0 Å². The van der Waals surface area contributed by atoms with Gasteiger partial charge in [-0.2, -0.15) is 4.98 Å². The first-order chi connectivity index (χ1) is 14.3. The average Bonchev–Trinajstić information content (AvgIpc) is 3.44. The van der Waals surface area contributed by atoms with Gasteiger partial charge in [-0.25, -0.2) is 4.98 Å². The van der Waals surface area contributed by atoms with Gasteiger partial charge >= 0.3 is 0 Å². The summed E-state index contributed by atoms with van der Waals surface area (Å²) < 4.78 is 11.0. The predicted octanol–water partition coefficient (Wildman–Crippen LogP) is 3.74. The number of para-hydroxylation sites is 2. The third-order valence-electron chi connectivity index (χ3n) is 3.97. The second kappa shape index (κ2) is 9.07. The van der Waals surface area contributed by atoms with Crippen LogP contribution in [-0.2, 0) is 17.8 Å². The molecule has 0 bridgehead atoms. The molecule has 0 aliphatic heterocycles. The molecule has 1 N–H and O–H groups in total. The molecule has 8 nitrogen and oxygen atoms in total. The van der Waals surface area contributed by atoms with Gasteiger partial charge in [0.15, 0.2) is 0 Å². The molecule has 0 atom stereocenters. The lowest BCUT2D eigenvalue weighted by molar-refractivity contribution is -0.116. The summed E-state index contributed by atoms with van der Waals surface area (Å²) in [7, 11) is 0. The maximum atomic E-state index is 12.4. The Morgan fingerprint density at radius 1 is 1.21 bits per heavy atom. The summed E-state index contributed by atoms with van der Waals surface area (Å²) in [5, 5.41) is 8.72. The second-order valence-corrected chi connectivity index (χ2v) is 6.78. The first kappa shape index (κ1) is 18.8.